The van der Waals surface area contributed by atoms with E-state index in [1.54, 1.807) is 13.4 Å². The SMILES string of the molecule is COc1ccc(Cc2nc3c4c(-c5ccccc5)c(-c5ccccc5)n(Cc5ccccc5)c4ncn3n2)cc1. The van der Waals surface area contributed by atoms with Crippen molar-refractivity contribution >= 4 is 16.7 Å². The molecule has 3 heterocycles. The molecule has 0 fully saturated rings. The van der Waals surface area contributed by atoms with E-state index in [-0.39, 0.29) is 0 Å². The zero-order chi connectivity index (χ0) is 26.9. The van der Waals surface area contributed by atoms with Crippen molar-refractivity contribution in [1.82, 2.24) is 24.1 Å². The Kier molecular flexibility index (Phi) is 6.05. The summed E-state index contributed by atoms with van der Waals surface area (Å²) in [6.45, 7) is 0.685. The van der Waals surface area contributed by atoms with E-state index < -0.39 is 0 Å². The molecule has 3 aromatic heterocycles. The highest BCUT2D eigenvalue weighted by Gasteiger charge is 2.25. The van der Waals surface area contributed by atoms with Crippen LogP contribution in [0.1, 0.15) is 17.0 Å². The summed E-state index contributed by atoms with van der Waals surface area (Å²) < 4.78 is 9.45. The minimum absolute atomic E-state index is 0.615. The molecule has 4 aromatic carbocycles. The maximum absolute atomic E-state index is 5.32. The Morgan fingerprint density at radius 1 is 0.675 bits per heavy atom. The van der Waals surface area contributed by atoms with Crippen molar-refractivity contribution < 1.29 is 4.74 Å². The molecule has 0 N–H and O–H groups in total. The summed E-state index contributed by atoms with van der Waals surface area (Å²) in [7, 11) is 1.68. The summed E-state index contributed by atoms with van der Waals surface area (Å²) in [5.74, 6) is 1.58. The van der Waals surface area contributed by atoms with Gasteiger partial charge in [-0.2, -0.15) is 0 Å². The molecule has 7 aromatic rings. The van der Waals surface area contributed by atoms with Crippen molar-refractivity contribution in [1.29, 1.82) is 0 Å². The monoisotopic (exact) mass is 521 g/mol. The number of hydrogen-bond acceptors (Lipinski definition) is 4. The molecule has 6 nitrogen and oxygen atoms in total. The number of fused-ring (bicyclic) bond motifs is 3. The fraction of sp³-hybridized carbons (Fsp3) is 0.0882. The van der Waals surface area contributed by atoms with Gasteiger partial charge in [-0.25, -0.2) is 14.5 Å². The largest absolute Gasteiger partial charge is 0.497 e. The Morgan fingerprint density at radius 2 is 1.32 bits per heavy atom. The third-order valence-corrected chi connectivity index (χ3v) is 7.24. The molecule has 0 saturated carbocycles. The maximum Gasteiger partial charge on any atom is 0.169 e. The molecule has 0 radical (unpaired) electrons. The van der Waals surface area contributed by atoms with E-state index in [1.165, 1.54) is 5.56 Å². The number of methoxy groups -OCH3 is 1. The summed E-state index contributed by atoms with van der Waals surface area (Å²) in [5.41, 5.74) is 8.49. The highest BCUT2D eigenvalue weighted by molar-refractivity contribution is 6.09. The molecule has 194 valence electrons. The Hall–Kier alpha value is -5.23. The molecule has 0 aliphatic rings. The molecule has 0 aliphatic carbocycles. The van der Waals surface area contributed by atoms with Gasteiger partial charge in [0.2, 0.25) is 0 Å². The van der Waals surface area contributed by atoms with Crippen LogP contribution in [0.5, 0.6) is 5.75 Å². The minimum atomic E-state index is 0.615. The van der Waals surface area contributed by atoms with Crippen LogP contribution in [0.4, 0.5) is 0 Å². The van der Waals surface area contributed by atoms with Crippen molar-refractivity contribution in [3.63, 3.8) is 0 Å². The van der Waals surface area contributed by atoms with Crippen LogP contribution in [0.25, 0.3) is 39.1 Å². The highest BCUT2D eigenvalue weighted by Crippen LogP contribution is 2.42. The Morgan fingerprint density at radius 3 is 2.00 bits per heavy atom. The lowest BCUT2D eigenvalue weighted by atomic mass is 9.99. The van der Waals surface area contributed by atoms with Crippen molar-refractivity contribution in [2.75, 3.05) is 7.11 Å². The van der Waals surface area contributed by atoms with Crippen LogP contribution in [0.3, 0.4) is 0 Å². The topological polar surface area (TPSA) is 57.2 Å². The number of ether oxygens (including phenoxy) is 1. The molecule has 0 aliphatic heterocycles. The second-order valence-corrected chi connectivity index (χ2v) is 9.79. The number of hydrogen-bond donors (Lipinski definition) is 0. The van der Waals surface area contributed by atoms with Crippen LogP contribution in [-0.4, -0.2) is 31.3 Å². The Balaban J connectivity index is 1.49. The van der Waals surface area contributed by atoms with Gasteiger partial charge in [-0.05, 0) is 34.4 Å². The molecular weight excluding hydrogens is 494 g/mol. The third-order valence-electron chi connectivity index (χ3n) is 7.24. The molecule has 0 unspecified atom stereocenters. The van der Waals surface area contributed by atoms with Gasteiger partial charge in [0.25, 0.3) is 0 Å². The first-order valence-corrected chi connectivity index (χ1v) is 13.3. The van der Waals surface area contributed by atoms with E-state index in [0.29, 0.717) is 13.0 Å². The Bertz CT molecular complexity index is 1910. The van der Waals surface area contributed by atoms with Crippen LogP contribution in [0.15, 0.2) is 122 Å². The lowest BCUT2D eigenvalue weighted by molar-refractivity contribution is 0.414. The number of nitrogens with zero attached hydrogens (tertiary/aromatic N) is 5. The van der Waals surface area contributed by atoms with Gasteiger partial charge in [-0.1, -0.05) is 103 Å². The van der Waals surface area contributed by atoms with Gasteiger partial charge in [-0.15, -0.1) is 5.10 Å². The smallest absolute Gasteiger partial charge is 0.169 e. The summed E-state index contributed by atoms with van der Waals surface area (Å²) >= 11 is 0. The average Bonchev–Trinajstić information content (AvgIpc) is 3.57. The third kappa shape index (κ3) is 4.29. The number of rotatable bonds is 7. The van der Waals surface area contributed by atoms with Crippen molar-refractivity contribution in [3.05, 3.63) is 139 Å². The second kappa shape index (κ2) is 10.2. The second-order valence-electron chi connectivity index (χ2n) is 9.79. The predicted octanol–water partition coefficient (Wildman–Crippen LogP) is 7.06. The molecule has 0 amide bonds. The van der Waals surface area contributed by atoms with E-state index >= 15 is 0 Å². The summed E-state index contributed by atoms with van der Waals surface area (Å²) in [5, 5.41) is 5.83. The standard InChI is InChI=1S/C34H27N5O/c1-40-28-19-17-24(18-20-28)21-29-36-34-31-30(26-13-7-3-8-14-26)32(27-15-9-4-10-16-27)38(22-25-11-5-2-6-12-25)33(31)35-23-39(34)37-29/h2-20,23H,21-22H2,1H3. The Labute approximate surface area is 232 Å². The number of benzene rings is 4. The molecule has 0 atom stereocenters. The van der Waals surface area contributed by atoms with E-state index in [4.69, 9.17) is 19.8 Å². The molecule has 0 bridgehead atoms. The molecular formula is C34H27N5O. The average molecular weight is 522 g/mol. The van der Waals surface area contributed by atoms with Crippen molar-refractivity contribution in [3.8, 4) is 28.1 Å². The maximum atomic E-state index is 5.32. The number of aromatic nitrogens is 5. The van der Waals surface area contributed by atoms with Crippen LogP contribution in [0.2, 0.25) is 0 Å². The lowest BCUT2D eigenvalue weighted by Gasteiger charge is -2.13. The van der Waals surface area contributed by atoms with E-state index in [2.05, 4.69) is 95.6 Å². The van der Waals surface area contributed by atoms with Crippen molar-refractivity contribution in [2.45, 2.75) is 13.0 Å². The fourth-order valence-corrected chi connectivity index (χ4v) is 5.38. The highest BCUT2D eigenvalue weighted by atomic mass is 16.5. The van der Waals surface area contributed by atoms with Gasteiger partial charge in [0, 0.05) is 18.5 Å². The van der Waals surface area contributed by atoms with Crippen LogP contribution in [0, 0.1) is 0 Å². The van der Waals surface area contributed by atoms with E-state index in [9.17, 15) is 0 Å². The van der Waals surface area contributed by atoms with Gasteiger partial charge in [-0.3, -0.25) is 0 Å². The molecule has 7 rings (SSSR count). The normalized spacial score (nSPS) is 11.3. The molecule has 40 heavy (non-hydrogen) atoms. The van der Waals surface area contributed by atoms with Gasteiger partial charge < -0.3 is 9.30 Å². The zero-order valence-electron chi connectivity index (χ0n) is 22.1. The van der Waals surface area contributed by atoms with Gasteiger partial charge in [0.15, 0.2) is 11.5 Å². The molecule has 0 saturated heterocycles. The van der Waals surface area contributed by atoms with Crippen LogP contribution >= 0.6 is 0 Å². The first kappa shape index (κ1) is 23.9. The summed E-state index contributed by atoms with van der Waals surface area (Å²) in [4.78, 5) is 10.1. The van der Waals surface area contributed by atoms with Crippen molar-refractivity contribution in [2.24, 2.45) is 0 Å². The summed E-state index contributed by atoms with van der Waals surface area (Å²) in [6.07, 6.45) is 2.40. The first-order valence-electron chi connectivity index (χ1n) is 13.3. The quantitative estimate of drug-likeness (QED) is 0.225. The van der Waals surface area contributed by atoms with Gasteiger partial charge in [0.05, 0.1) is 18.2 Å². The first-order chi connectivity index (χ1) is 19.8. The van der Waals surface area contributed by atoms with E-state index in [1.807, 2.05) is 28.8 Å². The summed E-state index contributed by atoms with van der Waals surface area (Å²) in [6, 6.07) is 39.6. The van der Waals surface area contributed by atoms with E-state index in [0.717, 1.165) is 56.2 Å². The minimum Gasteiger partial charge on any atom is -0.497 e. The molecule has 6 heteroatoms. The van der Waals surface area contributed by atoms with Crippen LogP contribution in [-0.2, 0) is 13.0 Å². The fourth-order valence-electron chi connectivity index (χ4n) is 5.38. The molecule has 0 spiro atoms. The van der Waals surface area contributed by atoms with Gasteiger partial charge in [0.1, 0.15) is 17.7 Å². The zero-order valence-corrected chi connectivity index (χ0v) is 22.1. The van der Waals surface area contributed by atoms with Gasteiger partial charge >= 0.3 is 0 Å². The lowest BCUT2D eigenvalue weighted by Crippen LogP contribution is -2.03. The predicted molar refractivity (Wildman–Crippen MR) is 158 cm³/mol. The van der Waals surface area contributed by atoms with Crippen LogP contribution < -0.4 is 4.74 Å².